The van der Waals surface area contributed by atoms with E-state index in [1.807, 2.05) is 19.1 Å². The summed E-state index contributed by atoms with van der Waals surface area (Å²) in [4.78, 5) is 7.52. The van der Waals surface area contributed by atoms with Crippen LogP contribution in [0.2, 0.25) is 0 Å². The molecule has 6 nitrogen and oxygen atoms in total. The summed E-state index contributed by atoms with van der Waals surface area (Å²) in [6.07, 6.45) is 13.0. The van der Waals surface area contributed by atoms with E-state index in [9.17, 15) is 0 Å². The van der Waals surface area contributed by atoms with Crippen LogP contribution in [0.4, 0.5) is 0 Å². The molecule has 0 unspecified atom stereocenters. The van der Waals surface area contributed by atoms with Gasteiger partial charge in [-0.3, -0.25) is 4.99 Å². The molecule has 0 atom stereocenters. The number of nitrogens with one attached hydrogen (secondary N) is 2. The van der Waals surface area contributed by atoms with Crippen molar-refractivity contribution in [1.82, 2.24) is 15.5 Å². The van der Waals surface area contributed by atoms with E-state index in [4.69, 9.17) is 14.1 Å². The molecule has 0 bridgehead atoms. The highest BCUT2D eigenvalue weighted by Gasteiger charge is 2.26. The van der Waals surface area contributed by atoms with E-state index < -0.39 is 0 Å². The average molecular weight is 533 g/mol. The lowest BCUT2D eigenvalue weighted by atomic mass is 9.92. The van der Waals surface area contributed by atoms with Gasteiger partial charge in [-0.1, -0.05) is 19.3 Å². The summed E-state index contributed by atoms with van der Waals surface area (Å²) >= 11 is 0. The molecule has 3 rings (SSSR count). The van der Waals surface area contributed by atoms with Crippen molar-refractivity contribution in [1.29, 1.82) is 0 Å². The molecule has 0 radical (unpaired) electrons. The van der Waals surface area contributed by atoms with E-state index in [1.165, 1.54) is 58.0 Å². The molecule has 30 heavy (non-hydrogen) atoms. The minimum atomic E-state index is 0. The van der Waals surface area contributed by atoms with Crippen molar-refractivity contribution in [2.24, 2.45) is 4.99 Å². The zero-order valence-corrected chi connectivity index (χ0v) is 20.9. The Morgan fingerprint density at radius 2 is 2.00 bits per heavy atom. The maximum absolute atomic E-state index is 5.44. The highest BCUT2D eigenvalue weighted by molar-refractivity contribution is 14.0. The van der Waals surface area contributed by atoms with Gasteiger partial charge in [0.1, 0.15) is 5.76 Å². The number of aliphatic imine (C=N–C) groups is 1. The standard InChI is InChI=1S/C23H40N4O2.HI/c1-2-28-18-7-14-24-23(25-15-11-22-10-6-19-29-22)26-20-12-16-27(17-13-20)21-8-4-3-5-9-21;/h6,10,19-21H,2-5,7-9,11-18H2,1H3,(H2,24,25,26);1H. The van der Waals surface area contributed by atoms with Gasteiger partial charge in [0.25, 0.3) is 0 Å². The lowest BCUT2D eigenvalue weighted by molar-refractivity contribution is 0.119. The summed E-state index contributed by atoms with van der Waals surface area (Å²) in [5.74, 6) is 1.94. The van der Waals surface area contributed by atoms with Crippen molar-refractivity contribution in [2.45, 2.75) is 76.8 Å². The van der Waals surface area contributed by atoms with Crippen LogP contribution in [0, 0.1) is 0 Å². The van der Waals surface area contributed by atoms with Crippen LogP contribution in [0.25, 0.3) is 0 Å². The molecule has 1 saturated carbocycles. The number of hydrogen-bond acceptors (Lipinski definition) is 4. The molecule has 0 amide bonds. The SMILES string of the molecule is CCOCCCN=C(NCCc1ccco1)NC1CCN(C2CCCCC2)CC1.I. The predicted octanol–water partition coefficient (Wildman–Crippen LogP) is 4.20. The maximum atomic E-state index is 5.44. The minimum Gasteiger partial charge on any atom is -0.469 e. The summed E-state index contributed by atoms with van der Waals surface area (Å²) in [5, 5.41) is 7.19. The second kappa shape index (κ2) is 15.1. The first-order valence-corrected chi connectivity index (χ1v) is 11.7. The Bertz CT molecular complexity index is 568. The Labute approximate surface area is 199 Å². The second-order valence-electron chi connectivity index (χ2n) is 8.28. The lowest BCUT2D eigenvalue weighted by Gasteiger charge is -2.39. The first kappa shape index (κ1) is 25.5. The highest BCUT2D eigenvalue weighted by atomic mass is 127. The van der Waals surface area contributed by atoms with Crippen molar-refractivity contribution >= 4 is 29.9 Å². The first-order valence-electron chi connectivity index (χ1n) is 11.7. The number of hydrogen-bond donors (Lipinski definition) is 2. The normalized spacial score (nSPS) is 19.4. The number of likely N-dealkylation sites (tertiary alicyclic amines) is 1. The second-order valence-corrected chi connectivity index (χ2v) is 8.28. The van der Waals surface area contributed by atoms with Crippen LogP contribution in [-0.4, -0.2) is 62.3 Å². The Morgan fingerprint density at radius 1 is 1.20 bits per heavy atom. The minimum absolute atomic E-state index is 0. The molecule has 2 heterocycles. The quantitative estimate of drug-likeness (QED) is 0.205. The number of halogens is 1. The molecule has 1 aromatic heterocycles. The number of furan rings is 1. The smallest absolute Gasteiger partial charge is 0.191 e. The van der Waals surface area contributed by atoms with Crippen LogP contribution in [0.1, 0.15) is 64.1 Å². The molecule has 2 fully saturated rings. The van der Waals surface area contributed by atoms with Crippen LogP contribution in [0.3, 0.4) is 0 Å². The number of piperidine rings is 1. The molecule has 2 aliphatic rings. The van der Waals surface area contributed by atoms with Crippen LogP contribution in [0.15, 0.2) is 27.8 Å². The van der Waals surface area contributed by atoms with Gasteiger partial charge in [0, 0.05) is 57.9 Å². The van der Waals surface area contributed by atoms with Gasteiger partial charge in [0.05, 0.1) is 6.26 Å². The van der Waals surface area contributed by atoms with Gasteiger partial charge in [0.2, 0.25) is 0 Å². The van der Waals surface area contributed by atoms with Gasteiger partial charge >= 0.3 is 0 Å². The van der Waals surface area contributed by atoms with Crippen LogP contribution < -0.4 is 10.6 Å². The molecule has 0 spiro atoms. The van der Waals surface area contributed by atoms with E-state index in [1.54, 1.807) is 6.26 Å². The first-order chi connectivity index (χ1) is 14.3. The molecule has 2 N–H and O–H groups in total. The monoisotopic (exact) mass is 532 g/mol. The van der Waals surface area contributed by atoms with Gasteiger partial charge in [-0.25, -0.2) is 0 Å². The van der Waals surface area contributed by atoms with Gasteiger partial charge in [-0.05, 0) is 51.2 Å². The average Bonchev–Trinajstić information content (AvgIpc) is 3.28. The lowest BCUT2D eigenvalue weighted by Crippen LogP contribution is -2.51. The Hall–Kier alpha value is -0.800. The zero-order chi connectivity index (χ0) is 20.2. The third-order valence-corrected chi connectivity index (χ3v) is 6.13. The van der Waals surface area contributed by atoms with E-state index in [0.29, 0.717) is 6.04 Å². The molecular formula is C23H41IN4O2. The largest absolute Gasteiger partial charge is 0.469 e. The molecule has 0 aromatic carbocycles. The number of nitrogens with zero attached hydrogens (tertiary/aromatic N) is 2. The topological polar surface area (TPSA) is 62.0 Å². The van der Waals surface area contributed by atoms with Crippen molar-refractivity contribution in [2.75, 3.05) is 39.4 Å². The third-order valence-electron chi connectivity index (χ3n) is 6.13. The van der Waals surface area contributed by atoms with Gasteiger partial charge in [0.15, 0.2) is 5.96 Å². The molecular weight excluding hydrogens is 491 g/mol. The van der Waals surface area contributed by atoms with Crippen molar-refractivity contribution in [3.8, 4) is 0 Å². The summed E-state index contributed by atoms with van der Waals surface area (Å²) in [7, 11) is 0. The summed E-state index contributed by atoms with van der Waals surface area (Å²) in [5.41, 5.74) is 0. The Balaban J connectivity index is 0.00000320. The number of rotatable bonds is 10. The van der Waals surface area contributed by atoms with E-state index in [2.05, 4.69) is 15.5 Å². The summed E-state index contributed by atoms with van der Waals surface area (Å²) in [6, 6.07) is 5.31. The van der Waals surface area contributed by atoms with Gasteiger partial charge in [-0.15, -0.1) is 24.0 Å². The molecule has 172 valence electrons. The van der Waals surface area contributed by atoms with E-state index >= 15 is 0 Å². The van der Waals surface area contributed by atoms with E-state index in [0.717, 1.165) is 56.9 Å². The summed E-state index contributed by atoms with van der Waals surface area (Å²) in [6.45, 7) is 7.63. The molecule has 1 aromatic rings. The fraction of sp³-hybridized carbons (Fsp3) is 0.783. The highest BCUT2D eigenvalue weighted by Crippen LogP contribution is 2.25. The van der Waals surface area contributed by atoms with Crippen LogP contribution in [0.5, 0.6) is 0 Å². The molecule has 1 saturated heterocycles. The van der Waals surface area contributed by atoms with E-state index in [-0.39, 0.29) is 24.0 Å². The fourth-order valence-corrected chi connectivity index (χ4v) is 4.46. The number of guanidine groups is 1. The predicted molar refractivity (Wildman–Crippen MR) is 134 cm³/mol. The van der Waals surface area contributed by atoms with Gasteiger partial charge < -0.3 is 24.7 Å². The van der Waals surface area contributed by atoms with Crippen LogP contribution >= 0.6 is 24.0 Å². The van der Waals surface area contributed by atoms with Crippen LogP contribution in [-0.2, 0) is 11.2 Å². The zero-order valence-electron chi connectivity index (χ0n) is 18.6. The van der Waals surface area contributed by atoms with Crippen molar-refractivity contribution < 1.29 is 9.15 Å². The van der Waals surface area contributed by atoms with Gasteiger partial charge in [-0.2, -0.15) is 0 Å². The molecule has 1 aliphatic heterocycles. The molecule has 1 aliphatic carbocycles. The number of ether oxygens (including phenoxy) is 1. The Morgan fingerprint density at radius 3 is 2.70 bits per heavy atom. The summed E-state index contributed by atoms with van der Waals surface area (Å²) < 4.78 is 10.9. The third kappa shape index (κ3) is 9.14. The van der Waals surface area contributed by atoms with Crippen molar-refractivity contribution in [3.05, 3.63) is 24.2 Å². The van der Waals surface area contributed by atoms with Crippen molar-refractivity contribution in [3.63, 3.8) is 0 Å². The Kier molecular flexibility index (Phi) is 12.8. The maximum Gasteiger partial charge on any atom is 0.191 e. The molecule has 7 heteroatoms. The fourth-order valence-electron chi connectivity index (χ4n) is 4.46.